The van der Waals surface area contributed by atoms with E-state index in [2.05, 4.69) is 26.6 Å². The molecule has 0 bridgehead atoms. The molecule has 0 unspecified atom stereocenters. The van der Waals surface area contributed by atoms with Gasteiger partial charge in [-0.25, -0.2) is 0 Å². The van der Waals surface area contributed by atoms with Gasteiger partial charge in [-0.1, -0.05) is 40.9 Å². The zero-order valence-corrected chi connectivity index (χ0v) is 13.3. The van der Waals surface area contributed by atoms with Crippen LogP contribution in [0.15, 0.2) is 40.5 Å². The van der Waals surface area contributed by atoms with Crippen molar-refractivity contribution in [3.8, 4) is 6.07 Å². The lowest BCUT2D eigenvalue weighted by Gasteiger charge is -2.11. The minimum atomic E-state index is -0.286. The predicted molar refractivity (Wildman–Crippen MR) is 85.1 cm³/mol. The average molecular weight is 348 g/mol. The number of hydrogen-bond donors (Lipinski definition) is 2. The Morgan fingerprint density at radius 1 is 1.43 bits per heavy atom. The molecule has 4 nitrogen and oxygen atoms in total. The van der Waals surface area contributed by atoms with Crippen LogP contribution in [-0.4, -0.2) is 11.9 Å². The Labute approximate surface area is 133 Å². The van der Waals surface area contributed by atoms with Gasteiger partial charge in [-0.15, -0.1) is 0 Å². The van der Waals surface area contributed by atoms with E-state index in [4.69, 9.17) is 5.26 Å². The predicted octanol–water partition coefficient (Wildman–Crippen LogP) is 3.00. The number of nitrogens with one attached hydrogen (secondary N) is 2. The highest BCUT2D eigenvalue weighted by molar-refractivity contribution is 9.10. The number of nitrogens with zero attached hydrogens (tertiary/aromatic N) is 1. The molecule has 1 aliphatic carbocycles. The van der Waals surface area contributed by atoms with Gasteiger partial charge in [-0.2, -0.15) is 5.26 Å². The summed E-state index contributed by atoms with van der Waals surface area (Å²) < 4.78 is 1.00. The van der Waals surface area contributed by atoms with Gasteiger partial charge in [-0.05, 0) is 30.5 Å². The number of benzene rings is 1. The molecule has 0 heterocycles. The smallest absolute Gasteiger partial charge is 0.263 e. The number of nitriles is 1. The van der Waals surface area contributed by atoms with Crippen molar-refractivity contribution in [3.63, 3.8) is 0 Å². The molecule has 2 rings (SSSR count). The fourth-order valence-corrected chi connectivity index (χ4v) is 2.85. The lowest BCUT2D eigenvalue weighted by molar-refractivity contribution is -0.117. The molecule has 0 aliphatic heterocycles. The molecule has 21 heavy (non-hydrogen) atoms. The molecule has 0 aromatic heterocycles. The third-order valence-electron chi connectivity index (χ3n) is 3.50. The van der Waals surface area contributed by atoms with Crippen LogP contribution >= 0.6 is 15.9 Å². The van der Waals surface area contributed by atoms with Crippen molar-refractivity contribution in [2.24, 2.45) is 0 Å². The summed E-state index contributed by atoms with van der Waals surface area (Å²) in [6.45, 7) is 0.571. The van der Waals surface area contributed by atoms with Crippen molar-refractivity contribution in [1.82, 2.24) is 10.6 Å². The molecular formula is C16H18BrN3O. The molecule has 1 aromatic carbocycles. The number of hydrogen-bond acceptors (Lipinski definition) is 3. The Bertz CT molecular complexity index is 571. The highest BCUT2D eigenvalue weighted by Crippen LogP contribution is 2.17. The second-order valence-corrected chi connectivity index (χ2v) is 6.05. The van der Waals surface area contributed by atoms with Crippen LogP contribution in [0.25, 0.3) is 0 Å². The van der Waals surface area contributed by atoms with Crippen LogP contribution in [0.2, 0.25) is 0 Å². The maximum atomic E-state index is 12.0. The van der Waals surface area contributed by atoms with Gasteiger partial charge < -0.3 is 10.6 Å². The normalized spacial score (nSPS) is 15.5. The summed E-state index contributed by atoms with van der Waals surface area (Å²) in [5.74, 6) is -0.286. The first-order valence-electron chi connectivity index (χ1n) is 7.08. The molecule has 5 heteroatoms. The molecule has 1 aromatic rings. The molecule has 0 radical (unpaired) electrons. The molecule has 1 aliphatic rings. The van der Waals surface area contributed by atoms with E-state index in [0.29, 0.717) is 6.54 Å². The maximum absolute atomic E-state index is 12.0. The number of carbonyl (C=O) groups excluding carboxylic acids is 1. The van der Waals surface area contributed by atoms with Crippen molar-refractivity contribution in [1.29, 1.82) is 5.26 Å². The second-order valence-electron chi connectivity index (χ2n) is 5.14. The first-order valence-corrected chi connectivity index (χ1v) is 7.87. The van der Waals surface area contributed by atoms with Crippen molar-refractivity contribution in [2.45, 2.75) is 38.3 Å². The molecule has 0 saturated heterocycles. The third kappa shape index (κ3) is 4.91. The number of halogens is 1. The van der Waals surface area contributed by atoms with E-state index in [1.54, 1.807) is 0 Å². The van der Waals surface area contributed by atoms with E-state index in [1.807, 2.05) is 30.3 Å². The van der Waals surface area contributed by atoms with Crippen LogP contribution in [-0.2, 0) is 11.3 Å². The lowest BCUT2D eigenvalue weighted by Crippen LogP contribution is -2.33. The lowest BCUT2D eigenvalue weighted by atomic mass is 10.2. The van der Waals surface area contributed by atoms with Gasteiger partial charge in [0.2, 0.25) is 0 Å². The van der Waals surface area contributed by atoms with Gasteiger partial charge in [0.15, 0.2) is 0 Å². The summed E-state index contributed by atoms with van der Waals surface area (Å²) in [4.78, 5) is 12.0. The molecule has 1 saturated carbocycles. The largest absolute Gasteiger partial charge is 0.386 e. The monoisotopic (exact) mass is 347 g/mol. The molecule has 1 amide bonds. The molecular weight excluding hydrogens is 330 g/mol. The van der Waals surface area contributed by atoms with E-state index >= 15 is 0 Å². The second kappa shape index (κ2) is 7.84. The quantitative estimate of drug-likeness (QED) is 0.635. The van der Waals surface area contributed by atoms with Gasteiger partial charge >= 0.3 is 0 Å². The van der Waals surface area contributed by atoms with Crippen LogP contribution in [0, 0.1) is 11.3 Å². The van der Waals surface area contributed by atoms with Crippen molar-refractivity contribution in [3.05, 3.63) is 46.1 Å². The van der Waals surface area contributed by atoms with Gasteiger partial charge in [0.25, 0.3) is 5.91 Å². The van der Waals surface area contributed by atoms with Crippen molar-refractivity contribution < 1.29 is 4.79 Å². The topological polar surface area (TPSA) is 64.9 Å². The molecule has 2 N–H and O–H groups in total. The first-order chi connectivity index (χ1) is 10.2. The first kappa shape index (κ1) is 15.6. The SMILES string of the molecule is N#C/C(=C/NCc1cccc(Br)c1)C(=O)NC1CCCC1. The highest BCUT2D eigenvalue weighted by atomic mass is 79.9. The van der Waals surface area contributed by atoms with E-state index in [1.165, 1.54) is 6.20 Å². The Kier molecular flexibility index (Phi) is 5.82. The maximum Gasteiger partial charge on any atom is 0.263 e. The minimum Gasteiger partial charge on any atom is -0.386 e. The van der Waals surface area contributed by atoms with Crippen LogP contribution < -0.4 is 10.6 Å². The summed E-state index contributed by atoms with van der Waals surface area (Å²) in [6.07, 6.45) is 5.81. The van der Waals surface area contributed by atoms with E-state index in [9.17, 15) is 4.79 Å². The van der Waals surface area contributed by atoms with E-state index < -0.39 is 0 Å². The van der Waals surface area contributed by atoms with Gasteiger partial charge in [0.1, 0.15) is 11.6 Å². The summed E-state index contributed by atoms with van der Waals surface area (Å²) in [5, 5.41) is 15.0. The Balaban J connectivity index is 1.87. The van der Waals surface area contributed by atoms with E-state index in [-0.39, 0.29) is 17.5 Å². The summed E-state index contributed by atoms with van der Waals surface area (Å²) in [7, 11) is 0. The zero-order valence-electron chi connectivity index (χ0n) is 11.7. The Hall–Kier alpha value is -1.80. The fraction of sp³-hybridized carbons (Fsp3) is 0.375. The van der Waals surface area contributed by atoms with Gasteiger partial charge in [0, 0.05) is 23.3 Å². The summed E-state index contributed by atoms with van der Waals surface area (Å²) in [5.41, 5.74) is 1.20. The minimum absolute atomic E-state index is 0.122. The Morgan fingerprint density at radius 2 is 2.19 bits per heavy atom. The Morgan fingerprint density at radius 3 is 2.86 bits per heavy atom. The number of carbonyl (C=O) groups is 1. The summed E-state index contributed by atoms with van der Waals surface area (Å²) in [6, 6.07) is 10.0. The third-order valence-corrected chi connectivity index (χ3v) is 3.99. The van der Waals surface area contributed by atoms with Crippen LogP contribution in [0.1, 0.15) is 31.2 Å². The molecule has 1 fully saturated rings. The summed E-state index contributed by atoms with van der Waals surface area (Å²) >= 11 is 3.41. The average Bonchev–Trinajstić information content (AvgIpc) is 2.96. The fourth-order valence-electron chi connectivity index (χ4n) is 2.40. The zero-order chi connectivity index (χ0) is 15.1. The number of amides is 1. The van der Waals surface area contributed by atoms with Gasteiger partial charge in [-0.3, -0.25) is 4.79 Å². The van der Waals surface area contributed by atoms with Gasteiger partial charge in [0.05, 0.1) is 0 Å². The van der Waals surface area contributed by atoms with Crippen LogP contribution in [0.3, 0.4) is 0 Å². The molecule has 110 valence electrons. The van der Waals surface area contributed by atoms with Crippen LogP contribution in [0.4, 0.5) is 0 Å². The number of rotatable bonds is 5. The van der Waals surface area contributed by atoms with Crippen LogP contribution in [0.5, 0.6) is 0 Å². The van der Waals surface area contributed by atoms with Crippen molar-refractivity contribution >= 4 is 21.8 Å². The molecule has 0 atom stereocenters. The van der Waals surface area contributed by atoms with Crippen molar-refractivity contribution in [2.75, 3.05) is 0 Å². The van der Waals surface area contributed by atoms with E-state index in [0.717, 1.165) is 35.7 Å². The molecule has 0 spiro atoms. The highest BCUT2D eigenvalue weighted by Gasteiger charge is 2.19. The standard InChI is InChI=1S/C16H18BrN3O/c17-14-5-3-4-12(8-14)10-19-11-13(9-18)16(21)20-15-6-1-2-7-15/h3-5,8,11,15,19H,1-2,6-7,10H2,(H,20,21)/b13-11-.